The largest absolute Gasteiger partial charge is 0.434 e. The van der Waals surface area contributed by atoms with Gasteiger partial charge in [0.1, 0.15) is 17.1 Å². The van der Waals surface area contributed by atoms with Crippen LogP contribution in [0.4, 0.5) is 26.3 Å². The van der Waals surface area contributed by atoms with Gasteiger partial charge in [0.15, 0.2) is 0 Å². The lowest BCUT2D eigenvalue weighted by Gasteiger charge is -2.13. The van der Waals surface area contributed by atoms with Crippen molar-refractivity contribution in [1.29, 1.82) is 0 Å². The molecule has 0 radical (unpaired) electrons. The summed E-state index contributed by atoms with van der Waals surface area (Å²) in [5.41, 5.74) is -1.64. The smallest absolute Gasteiger partial charge is 0.420 e. The summed E-state index contributed by atoms with van der Waals surface area (Å²) in [5.74, 6) is -2.58. The molecule has 0 atom stereocenters. The topological polar surface area (TPSA) is 9.23 Å². The molecule has 0 spiro atoms. The summed E-state index contributed by atoms with van der Waals surface area (Å²) >= 11 is 5.15. The van der Waals surface area contributed by atoms with Crippen LogP contribution >= 0.6 is 11.6 Å². The zero-order chi connectivity index (χ0) is 12.5. The third-order valence-electron chi connectivity index (χ3n) is 1.54. The molecule has 0 N–H and O–H groups in total. The fourth-order valence-electron chi connectivity index (χ4n) is 0.944. The maximum absolute atomic E-state index is 12.8. The first kappa shape index (κ1) is 13.0. The van der Waals surface area contributed by atoms with Crippen molar-refractivity contribution in [3.05, 3.63) is 28.5 Å². The molecule has 0 saturated heterocycles. The first-order valence-corrected chi connectivity index (χ1v) is 4.10. The molecule has 0 saturated carbocycles. The molecule has 0 fully saturated rings. The Kier molecular flexibility index (Phi) is 3.57. The molecular weight excluding hydrogens is 262 g/mol. The Labute approximate surface area is 90.6 Å². The van der Waals surface area contributed by atoms with Crippen molar-refractivity contribution in [3.63, 3.8) is 0 Å². The van der Waals surface area contributed by atoms with Crippen LogP contribution in [0.25, 0.3) is 0 Å². The summed E-state index contributed by atoms with van der Waals surface area (Å²) in [4.78, 5) is 0. The van der Waals surface area contributed by atoms with Crippen molar-refractivity contribution < 1.29 is 31.1 Å². The molecule has 1 aromatic carbocycles. The van der Waals surface area contributed by atoms with Crippen LogP contribution in [0.1, 0.15) is 5.56 Å². The number of halogens is 7. The van der Waals surface area contributed by atoms with Crippen molar-refractivity contribution in [3.8, 4) is 5.75 Å². The average Bonchev–Trinajstić information content (AvgIpc) is 2.08. The summed E-state index contributed by atoms with van der Waals surface area (Å²) in [6.07, 6.45) is -5.00. The van der Waals surface area contributed by atoms with Crippen LogP contribution in [-0.2, 0) is 6.18 Å². The van der Waals surface area contributed by atoms with Crippen LogP contribution in [0, 0.1) is 5.82 Å². The Morgan fingerprint density at radius 1 is 1.19 bits per heavy atom. The lowest BCUT2D eigenvalue weighted by molar-refractivity contribution is -0.142. The summed E-state index contributed by atoms with van der Waals surface area (Å²) < 4.78 is 76.8. The average molecular weight is 265 g/mol. The number of benzene rings is 1. The van der Waals surface area contributed by atoms with Gasteiger partial charge in [-0.3, -0.25) is 0 Å². The van der Waals surface area contributed by atoms with Crippen LogP contribution in [0.3, 0.4) is 0 Å². The van der Waals surface area contributed by atoms with E-state index in [4.69, 9.17) is 11.6 Å². The molecule has 0 bridgehead atoms. The maximum atomic E-state index is 12.8. The second kappa shape index (κ2) is 4.40. The molecule has 1 aromatic rings. The van der Waals surface area contributed by atoms with E-state index < -0.39 is 34.9 Å². The van der Waals surface area contributed by atoms with Crippen LogP contribution in [0.5, 0.6) is 5.75 Å². The van der Waals surface area contributed by atoms with Crippen LogP contribution in [-0.4, -0.2) is 6.61 Å². The Morgan fingerprint density at radius 3 is 2.19 bits per heavy atom. The second-order valence-corrected chi connectivity index (χ2v) is 3.05. The third-order valence-corrected chi connectivity index (χ3v) is 1.83. The van der Waals surface area contributed by atoms with Gasteiger partial charge in [0, 0.05) is 6.07 Å². The minimum atomic E-state index is -5.00. The van der Waals surface area contributed by atoms with Crippen LogP contribution in [0.15, 0.2) is 12.1 Å². The highest BCUT2D eigenvalue weighted by Crippen LogP contribution is 2.39. The van der Waals surface area contributed by atoms with Gasteiger partial charge in [-0.25, -0.2) is 4.39 Å². The lowest BCUT2D eigenvalue weighted by atomic mass is 10.2. The molecule has 0 unspecified atom stereocenters. The van der Waals surface area contributed by atoms with Crippen molar-refractivity contribution in [2.45, 2.75) is 12.8 Å². The summed E-state index contributed by atoms with van der Waals surface area (Å²) in [5, 5.41) is -0.733. The zero-order valence-corrected chi connectivity index (χ0v) is 8.04. The van der Waals surface area contributed by atoms with Crippen LogP contribution in [0.2, 0.25) is 5.02 Å². The predicted molar refractivity (Wildman–Crippen MR) is 43.0 cm³/mol. The van der Waals surface area contributed by atoms with Crippen molar-refractivity contribution >= 4 is 11.6 Å². The molecule has 0 aliphatic heterocycles. The monoisotopic (exact) mass is 264 g/mol. The van der Waals surface area contributed by atoms with E-state index in [2.05, 4.69) is 4.74 Å². The Balaban J connectivity index is 3.28. The van der Waals surface area contributed by atoms with E-state index in [0.29, 0.717) is 6.07 Å². The zero-order valence-electron chi connectivity index (χ0n) is 7.29. The van der Waals surface area contributed by atoms with Crippen molar-refractivity contribution in [2.75, 3.05) is 0 Å². The molecule has 0 aromatic heterocycles. The van der Waals surface area contributed by atoms with Gasteiger partial charge in [-0.2, -0.15) is 22.0 Å². The fourth-order valence-corrected chi connectivity index (χ4v) is 1.10. The SMILES string of the molecule is Fc1cc(C(F)(F)F)c(OC(F)F)cc1Cl. The normalized spacial score (nSPS) is 12.0. The van der Waals surface area contributed by atoms with Gasteiger partial charge in [-0.05, 0) is 6.07 Å². The van der Waals surface area contributed by atoms with Crippen LogP contribution < -0.4 is 4.74 Å². The summed E-state index contributed by atoms with van der Waals surface area (Å²) in [6, 6.07) is 0.353. The molecule has 16 heavy (non-hydrogen) atoms. The molecular formula is C8H3ClF6O. The Morgan fingerprint density at radius 2 is 1.75 bits per heavy atom. The standard InChI is InChI=1S/C8H3ClF6O/c9-4-2-6(16-7(11)12)3(1-5(4)10)8(13,14)15/h1-2,7H. The Bertz CT molecular complexity index is 389. The van der Waals surface area contributed by atoms with E-state index >= 15 is 0 Å². The predicted octanol–water partition coefficient (Wildman–Crippen LogP) is 4.10. The lowest BCUT2D eigenvalue weighted by Crippen LogP contribution is -2.12. The number of ether oxygens (including phenoxy) is 1. The van der Waals surface area contributed by atoms with E-state index in [-0.39, 0.29) is 6.07 Å². The van der Waals surface area contributed by atoms with E-state index in [1.807, 2.05) is 0 Å². The maximum Gasteiger partial charge on any atom is 0.420 e. The second-order valence-electron chi connectivity index (χ2n) is 2.64. The molecule has 0 aliphatic rings. The number of hydrogen-bond acceptors (Lipinski definition) is 1. The molecule has 0 aliphatic carbocycles. The number of hydrogen-bond donors (Lipinski definition) is 0. The molecule has 0 amide bonds. The van der Waals surface area contributed by atoms with Gasteiger partial charge in [0.25, 0.3) is 0 Å². The minimum absolute atomic E-state index is 0.0000463. The van der Waals surface area contributed by atoms with Gasteiger partial charge in [0.05, 0.1) is 5.02 Å². The highest BCUT2D eigenvalue weighted by molar-refractivity contribution is 6.30. The molecule has 90 valence electrons. The summed E-state index contributed by atoms with van der Waals surface area (Å²) in [7, 11) is 0. The quantitative estimate of drug-likeness (QED) is 0.731. The molecule has 1 nitrogen and oxygen atoms in total. The minimum Gasteiger partial charge on any atom is -0.434 e. The highest BCUT2D eigenvalue weighted by atomic mass is 35.5. The van der Waals surface area contributed by atoms with Gasteiger partial charge in [-0.1, -0.05) is 11.6 Å². The van der Waals surface area contributed by atoms with Gasteiger partial charge < -0.3 is 4.74 Å². The van der Waals surface area contributed by atoms with Gasteiger partial charge >= 0.3 is 12.8 Å². The van der Waals surface area contributed by atoms with E-state index in [0.717, 1.165) is 0 Å². The molecule has 8 heteroatoms. The number of alkyl halides is 5. The van der Waals surface area contributed by atoms with E-state index in [1.165, 1.54) is 0 Å². The highest BCUT2D eigenvalue weighted by Gasteiger charge is 2.36. The third kappa shape index (κ3) is 2.94. The van der Waals surface area contributed by atoms with Crippen molar-refractivity contribution in [2.24, 2.45) is 0 Å². The molecule has 1 rings (SSSR count). The van der Waals surface area contributed by atoms with Gasteiger partial charge in [-0.15, -0.1) is 0 Å². The summed E-state index contributed by atoms with van der Waals surface area (Å²) in [6.45, 7) is -3.46. The van der Waals surface area contributed by atoms with Gasteiger partial charge in [0.2, 0.25) is 0 Å². The molecule has 0 heterocycles. The first-order valence-electron chi connectivity index (χ1n) is 3.73. The van der Waals surface area contributed by atoms with E-state index in [9.17, 15) is 26.3 Å². The Hall–Kier alpha value is -1.11. The fraction of sp³-hybridized carbons (Fsp3) is 0.250. The van der Waals surface area contributed by atoms with Crippen molar-refractivity contribution in [1.82, 2.24) is 0 Å². The first-order chi connectivity index (χ1) is 7.21. The number of rotatable bonds is 2. The van der Waals surface area contributed by atoms with E-state index in [1.54, 1.807) is 0 Å².